The Kier molecular flexibility index (Phi) is 7.79. The zero-order valence-electron chi connectivity index (χ0n) is 10.9. The topological polar surface area (TPSA) is 38.0 Å². The van der Waals surface area contributed by atoms with E-state index in [1.165, 1.54) is 12.8 Å². The number of alkyl halides is 3. The molecule has 0 heterocycles. The molecule has 0 aromatic carbocycles. The fourth-order valence-corrected chi connectivity index (χ4v) is 1.69. The van der Waals surface area contributed by atoms with Crippen molar-refractivity contribution in [1.82, 2.24) is 5.32 Å². The van der Waals surface area contributed by atoms with Crippen LogP contribution in [0.2, 0.25) is 0 Å². The van der Waals surface area contributed by atoms with Gasteiger partial charge in [0.2, 0.25) is 0 Å². The largest absolute Gasteiger partial charge is 0.401 e. The summed E-state index contributed by atoms with van der Waals surface area (Å²) in [5.41, 5.74) is 4.95. The van der Waals surface area contributed by atoms with E-state index in [0.717, 1.165) is 19.3 Å². The highest BCUT2D eigenvalue weighted by atomic mass is 19.4. The minimum Gasteiger partial charge on any atom is -0.329 e. The molecule has 0 bridgehead atoms. The molecule has 0 amide bonds. The van der Waals surface area contributed by atoms with Crippen LogP contribution in [-0.4, -0.2) is 24.8 Å². The maximum Gasteiger partial charge on any atom is 0.401 e. The van der Waals surface area contributed by atoms with Crippen molar-refractivity contribution in [3.05, 3.63) is 0 Å². The monoisotopic (exact) mass is 254 g/mol. The van der Waals surface area contributed by atoms with Gasteiger partial charge in [0.05, 0.1) is 6.54 Å². The molecule has 0 aliphatic carbocycles. The first-order valence-electron chi connectivity index (χ1n) is 6.35. The smallest absolute Gasteiger partial charge is 0.329 e. The molecular weight excluding hydrogens is 229 g/mol. The molecule has 0 saturated carbocycles. The molecule has 1 atom stereocenters. The van der Waals surface area contributed by atoms with Crippen LogP contribution in [0.1, 0.15) is 52.4 Å². The second-order valence-electron chi connectivity index (χ2n) is 4.90. The first-order chi connectivity index (χ1) is 7.83. The maximum absolute atomic E-state index is 12.1. The van der Waals surface area contributed by atoms with Crippen LogP contribution in [0.25, 0.3) is 0 Å². The molecule has 0 aromatic heterocycles. The van der Waals surface area contributed by atoms with E-state index in [4.69, 9.17) is 5.73 Å². The van der Waals surface area contributed by atoms with E-state index in [0.29, 0.717) is 6.42 Å². The van der Waals surface area contributed by atoms with Crippen molar-refractivity contribution >= 4 is 0 Å². The van der Waals surface area contributed by atoms with Gasteiger partial charge in [0.25, 0.3) is 0 Å². The zero-order chi connectivity index (χ0) is 13.4. The van der Waals surface area contributed by atoms with E-state index in [-0.39, 0.29) is 6.54 Å². The molecular formula is C12H25F3N2. The van der Waals surface area contributed by atoms with E-state index in [1.54, 1.807) is 6.92 Å². The van der Waals surface area contributed by atoms with E-state index >= 15 is 0 Å². The van der Waals surface area contributed by atoms with Crippen molar-refractivity contribution in [1.29, 1.82) is 0 Å². The molecule has 0 radical (unpaired) electrons. The number of hydrogen-bond donors (Lipinski definition) is 2. The Labute approximate surface area is 102 Å². The third-order valence-corrected chi connectivity index (χ3v) is 3.00. The van der Waals surface area contributed by atoms with E-state index in [1.807, 2.05) is 0 Å². The van der Waals surface area contributed by atoms with Gasteiger partial charge in [-0.1, -0.05) is 39.0 Å². The van der Waals surface area contributed by atoms with Gasteiger partial charge in [0.1, 0.15) is 0 Å². The van der Waals surface area contributed by atoms with Crippen LogP contribution in [0.3, 0.4) is 0 Å². The molecule has 17 heavy (non-hydrogen) atoms. The summed E-state index contributed by atoms with van der Waals surface area (Å²) < 4.78 is 36.3. The molecule has 0 rings (SSSR count). The number of hydrogen-bond acceptors (Lipinski definition) is 2. The number of nitrogens with one attached hydrogen (secondary N) is 1. The third-order valence-electron chi connectivity index (χ3n) is 3.00. The zero-order valence-corrected chi connectivity index (χ0v) is 10.9. The first kappa shape index (κ1) is 16.7. The molecule has 0 spiro atoms. The maximum atomic E-state index is 12.1. The van der Waals surface area contributed by atoms with Crippen LogP contribution < -0.4 is 11.1 Å². The van der Waals surface area contributed by atoms with Crippen molar-refractivity contribution in [3.8, 4) is 0 Å². The van der Waals surface area contributed by atoms with E-state index in [2.05, 4.69) is 12.2 Å². The molecule has 3 N–H and O–H groups in total. The lowest BCUT2D eigenvalue weighted by Gasteiger charge is -2.30. The Balaban J connectivity index is 3.85. The summed E-state index contributed by atoms with van der Waals surface area (Å²) in [6.07, 6.45) is 2.03. The number of nitrogens with two attached hydrogens (primary N) is 1. The molecule has 0 aliphatic heterocycles. The van der Waals surface area contributed by atoms with Crippen molar-refractivity contribution < 1.29 is 13.2 Å². The molecule has 0 fully saturated rings. The van der Waals surface area contributed by atoms with Gasteiger partial charge in [-0.15, -0.1) is 0 Å². The van der Waals surface area contributed by atoms with E-state index < -0.39 is 18.3 Å². The summed E-state index contributed by atoms with van der Waals surface area (Å²) in [7, 11) is 0. The molecule has 1 unspecified atom stereocenters. The fraction of sp³-hybridized carbons (Fsp3) is 1.00. The van der Waals surface area contributed by atoms with Crippen molar-refractivity contribution in [2.75, 3.05) is 13.1 Å². The van der Waals surface area contributed by atoms with Gasteiger partial charge in [0.15, 0.2) is 0 Å². The van der Waals surface area contributed by atoms with Crippen molar-refractivity contribution in [3.63, 3.8) is 0 Å². The number of halogens is 3. The average Bonchev–Trinajstić information content (AvgIpc) is 2.25. The first-order valence-corrected chi connectivity index (χ1v) is 6.35. The van der Waals surface area contributed by atoms with Crippen LogP contribution in [0.5, 0.6) is 0 Å². The lowest BCUT2D eigenvalue weighted by Crippen LogP contribution is -2.51. The Morgan fingerprint density at radius 1 is 1.06 bits per heavy atom. The third kappa shape index (κ3) is 9.41. The summed E-state index contributed by atoms with van der Waals surface area (Å²) in [5.74, 6) is 0. The van der Waals surface area contributed by atoms with Crippen molar-refractivity contribution in [2.24, 2.45) is 5.73 Å². The highest BCUT2D eigenvalue weighted by Gasteiger charge is 2.31. The van der Waals surface area contributed by atoms with Crippen LogP contribution >= 0.6 is 0 Å². The second kappa shape index (κ2) is 7.93. The Morgan fingerprint density at radius 3 is 2.12 bits per heavy atom. The van der Waals surface area contributed by atoms with Gasteiger partial charge in [-0.2, -0.15) is 13.2 Å². The predicted molar refractivity (Wildman–Crippen MR) is 64.9 cm³/mol. The van der Waals surface area contributed by atoms with Gasteiger partial charge in [-0.3, -0.25) is 0 Å². The van der Waals surface area contributed by atoms with Gasteiger partial charge < -0.3 is 11.1 Å². The Hall–Kier alpha value is -0.290. The van der Waals surface area contributed by atoms with Crippen molar-refractivity contribution in [2.45, 2.75) is 64.1 Å². The standard InChI is InChI=1S/C12H25F3N2/c1-3-4-5-6-7-8-11(2,9-16)17-10-12(13,14)15/h17H,3-10,16H2,1-2H3. The molecule has 0 aromatic rings. The normalized spacial score (nSPS) is 15.9. The Morgan fingerprint density at radius 2 is 1.65 bits per heavy atom. The molecule has 0 saturated heterocycles. The molecule has 5 heteroatoms. The fourth-order valence-electron chi connectivity index (χ4n) is 1.69. The SMILES string of the molecule is CCCCCCCC(C)(CN)NCC(F)(F)F. The summed E-state index contributed by atoms with van der Waals surface area (Å²) >= 11 is 0. The van der Waals surface area contributed by atoms with Crippen LogP contribution in [0.4, 0.5) is 13.2 Å². The quantitative estimate of drug-likeness (QED) is 0.620. The lowest BCUT2D eigenvalue weighted by molar-refractivity contribution is -0.128. The van der Waals surface area contributed by atoms with Gasteiger partial charge >= 0.3 is 6.18 Å². The Bertz CT molecular complexity index is 195. The molecule has 104 valence electrons. The number of unbranched alkanes of at least 4 members (excludes halogenated alkanes) is 4. The van der Waals surface area contributed by atoms with Crippen LogP contribution in [0, 0.1) is 0 Å². The molecule has 2 nitrogen and oxygen atoms in total. The number of rotatable bonds is 9. The lowest BCUT2D eigenvalue weighted by atomic mass is 9.94. The highest BCUT2D eigenvalue weighted by molar-refractivity contribution is 4.84. The summed E-state index contributed by atoms with van der Waals surface area (Å²) in [6, 6.07) is 0. The summed E-state index contributed by atoms with van der Waals surface area (Å²) in [4.78, 5) is 0. The van der Waals surface area contributed by atoms with Crippen LogP contribution in [0.15, 0.2) is 0 Å². The van der Waals surface area contributed by atoms with Crippen LogP contribution in [-0.2, 0) is 0 Å². The van der Waals surface area contributed by atoms with Gasteiger partial charge in [0, 0.05) is 12.1 Å². The average molecular weight is 254 g/mol. The minimum atomic E-state index is -4.17. The highest BCUT2D eigenvalue weighted by Crippen LogP contribution is 2.18. The predicted octanol–water partition coefficient (Wildman–Crippen LogP) is 3.22. The summed E-state index contributed by atoms with van der Waals surface area (Å²) in [5, 5.41) is 2.53. The van der Waals surface area contributed by atoms with Gasteiger partial charge in [-0.05, 0) is 13.3 Å². The second-order valence-corrected chi connectivity index (χ2v) is 4.90. The van der Waals surface area contributed by atoms with Gasteiger partial charge in [-0.25, -0.2) is 0 Å². The van der Waals surface area contributed by atoms with E-state index in [9.17, 15) is 13.2 Å². The minimum absolute atomic E-state index is 0.233. The molecule has 0 aliphatic rings. The summed E-state index contributed by atoms with van der Waals surface area (Å²) in [6.45, 7) is 3.17.